The van der Waals surface area contributed by atoms with E-state index in [1.807, 2.05) is 13.0 Å². The number of hydrogen-bond donors (Lipinski definition) is 1. The molecule has 0 unspecified atom stereocenters. The SMILES string of the molecule is CCOC1CCN(c2cccnc2C(=O)O)CC1. The van der Waals surface area contributed by atoms with Crippen LogP contribution in [0.4, 0.5) is 5.69 Å². The first-order valence-corrected chi connectivity index (χ1v) is 6.27. The van der Waals surface area contributed by atoms with E-state index in [1.54, 1.807) is 6.07 Å². The lowest BCUT2D eigenvalue weighted by Crippen LogP contribution is -2.38. The minimum atomic E-state index is -0.975. The van der Waals surface area contributed by atoms with Gasteiger partial charge >= 0.3 is 5.97 Å². The van der Waals surface area contributed by atoms with Crippen LogP contribution < -0.4 is 4.90 Å². The summed E-state index contributed by atoms with van der Waals surface area (Å²) in [6.07, 6.45) is 3.68. The molecule has 5 heteroatoms. The van der Waals surface area contributed by atoms with Gasteiger partial charge in [0.2, 0.25) is 0 Å². The molecule has 1 fully saturated rings. The van der Waals surface area contributed by atoms with E-state index in [-0.39, 0.29) is 5.69 Å². The molecule has 0 amide bonds. The van der Waals surface area contributed by atoms with Gasteiger partial charge in [-0.2, -0.15) is 0 Å². The molecule has 1 saturated heterocycles. The van der Waals surface area contributed by atoms with Crippen LogP contribution in [0.1, 0.15) is 30.3 Å². The van der Waals surface area contributed by atoms with E-state index < -0.39 is 5.97 Å². The zero-order valence-corrected chi connectivity index (χ0v) is 10.5. The molecule has 18 heavy (non-hydrogen) atoms. The molecular formula is C13H18N2O3. The van der Waals surface area contributed by atoms with E-state index >= 15 is 0 Å². The van der Waals surface area contributed by atoms with Gasteiger partial charge < -0.3 is 14.7 Å². The minimum Gasteiger partial charge on any atom is -0.476 e. The lowest BCUT2D eigenvalue weighted by molar-refractivity contribution is 0.0459. The Hall–Kier alpha value is -1.62. The quantitative estimate of drug-likeness (QED) is 0.882. The second kappa shape index (κ2) is 5.82. The predicted molar refractivity (Wildman–Crippen MR) is 68.1 cm³/mol. The van der Waals surface area contributed by atoms with Crippen LogP contribution in [0.15, 0.2) is 18.3 Å². The molecule has 1 aliphatic heterocycles. The van der Waals surface area contributed by atoms with Crippen LogP contribution >= 0.6 is 0 Å². The number of pyridine rings is 1. The molecule has 2 rings (SSSR count). The van der Waals surface area contributed by atoms with Crippen molar-refractivity contribution in [3.63, 3.8) is 0 Å². The van der Waals surface area contributed by atoms with Gasteiger partial charge in [-0.05, 0) is 31.9 Å². The first kappa shape index (κ1) is 12.8. The van der Waals surface area contributed by atoms with E-state index in [4.69, 9.17) is 9.84 Å². The smallest absolute Gasteiger partial charge is 0.356 e. The molecule has 0 bridgehead atoms. The first-order chi connectivity index (χ1) is 8.72. The molecule has 0 atom stereocenters. The molecule has 1 aromatic heterocycles. The summed E-state index contributed by atoms with van der Waals surface area (Å²) >= 11 is 0. The van der Waals surface area contributed by atoms with Crippen molar-refractivity contribution < 1.29 is 14.6 Å². The van der Waals surface area contributed by atoms with Crippen molar-refractivity contribution in [1.82, 2.24) is 4.98 Å². The van der Waals surface area contributed by atoms with E-state index in [1.165, 1.54) is 6.20 Å². The highest BCUT2D eigenvalue weighted by atomic mass is 16.5. The van der Waals surface area contributed by atoms with Gasteiger partial charge in [-0.1, -0.05) is 0 Å². The number of rotatable bonds is 4. The number of carbonyl (C=O) groups is 1. The number of aromatic carboxylic acids is 1. The molecule has 0 saturated carbocycles. The van der Waals surface area contributed by atoms with Crippen LogP contribution in [0.3, 0.4) is 0 Å². The lowest BCUT2D eigenvalue weighted by Gasteiger charge is -2.33. The Morgan fingerprint density at radius 1 is 1.56 bits per heavy atom. The summed E-state index contributed by atoms with van der Waals surface area (Å²) in [6, 6.07) is 3.59. The molecule has 1 aromatic rings. The van der Waals surface area contributed by atoms with Crippen LogP contribution in [-0.2, 0) is 4.74 Å². The van der Waals surface area contributed by atoms with Gasteiger partial charge in [0, 0.05) is 25.9 Å². The summed E-state index contributed by atoms with van der Waals surface area (Å²) in [5.41, 5.74) is 0.840. The Labute approximate surface area is 106 Å². The number of hydrogen-bond acceptors (Lipinski definition) is 4. The molecule has 98 valence electrons. The number of aromatic nitrogens is 1. The van der Waals surface area contributed by atoms with E-state index in [0.29, 0.717) is 11.8 Å². The van der Waals surface area contributed by atoms with Crippen LogP contribution in [0.2, 0.25) is 0 Å². The highest BCUT2D eigenvalue weighted by Crippen LogP contribution is 2.23. The Morgan fingerprint density at radius 2 is 2.28 bits per heavy atom. The third kappa shape index (κ3) is 2.79. The largest absolute Gasteiger partial charge is 0.476 e. The maximum Gasteiger partial charge on any atom is 0.356 e. The van der Waals surface area contributed by atoms with Gasteiger partial charge in [-0.15, -0.1) is 0 Å². The van der Waals surface area contributed by atoms with Crippen molar-refractivity contribution in [1.29, 1.82) is 0 Å². The molecule has 5 nitrogen and oxygen atoms in total. The maximum absolute atomic E-state index is 11.1. The number of carboxylic acids is 1. The van der Waals surface area contributed by atoms with Gasteiger partial charge in [-0.25, -0.2) is 9.78 Å². The summed E-state index contributed by atoms with van der Waals surface area (Å²) < 4.78 is 5.59. The number of piperidine rings is 1. The standard InChI is InChI=1S/C13H18N2O3/c1-2-18-10-5-8-15(9-6-10)11-4-3-7-14-12(11)13(16)17/h3-4,7,10H,2,5-6,8-9H2,1H3,(H,16,17). The summed E-state index contributed by atoms with van der Waals surface area (Å²) in [5.74, 6) is -0.975. The molecule has 0 spiro atoms. The average Bonchev–Trinajstić information content (AvgIpc) is 2.40. The fourth-order valence-corrected chi connectivity index (χ4v) is 2.32. The highest BCUT2D eigenvalue weighted by molar-refractivity contribution is 5.92. The summed E-state index contributed by atoms with van der Waals surface area (Å²) in [5, 5.41) is 9.12. The number of ether oxygens (including phenoxy) is 1. The summed E-state index contributed by atoms with van der Waals surface area (Å²) in [6.45, 7) is 4.36. The normalized spacial score (nSPS) is 16.8. The fourth-order valence-electron chi connectivity index (χ4n) is 2.32. The monoisotopic (exact) mass is 250 g/mol. The minimum absolute atomic E-state index is 0.132. The molecule has 1 N–H and O–H groups in total. The van der Waals surface area contributed by atoms with Crippen molar-refractivity contribution in [3.05, 3.63) is 24.0 Å². The van der Waals surface area contributed by atoms with Crippen molar-refractivity contribution in [2.75, 3.05) is 24.6 Å². The average molecular weight is 250 g/mol. The van der Waals surface area contributed by atoms with Crippen molar-refractivity contribution in [2.45, 2.75) is 25.9 Å². The summed E-state index contributed by atoms with van der Waals surface area (Å²) in [4.78, 5) is 17.1. The topological polar surface area (TPSA) is 62.7 Å². The number of nitrogens with zero attached hydrogens (tertiary/aromatic N) is 2. The third-order valence-corrected chi connectivity index (χ3v) is 3.17. The lowest BCUT2D eigenvalue weighted by atomic mass is 10.1. The predicted octanol–water partition coefficient (Wildman–Crippen LogP) is 1.79. The van der Waals surface area contributed by atoms with Crippen LogP contribution in [0.5, 0.6) is 0 Å². The van der Waals surface area contributed by atoms with Gasteiger partial charge in [0.05, 0.1) is 11.8 Å². The van der Waals surface area contributed by atoms with Crippen molar-refractivity contribution >= 4 is 11.7 Å². The maximum atomic E-state index is 11.1. The van der Waals surface area contributed by atoms with Crippen LogP contribution in [-0.4, -0.2) is 41.9 Å². The van der Waals surface area contributed by atoms with E-state index in [9.17, 15) is 4.79 Å². The first-order valence-electron chi connectivity index (χ1n) is 6.27. The molecule has 2 heterocycles. The van der Waals surface area contributed by atoms with Crippen LogP contribution in [0, 0.1) is 0 Å². The number of anilines is 1. The van der Waals surface area contributed by atoms with Gasteiger partial charge in [0.25, 0.3) is 0 Å². The Balaban J connectivity index is 2.07. The Bertz CT molecular complexity index is 414. The van der Waals surface area contributed by atoms with E-state index in [2.05, 4.69) is 9.88 Å². The van der Waals surface area contributed by atoms with Gasteiger partial charge in [-0.3, -0.25) is 0 Å². The molecule has 0 radical (unpaired) electrons. The molecular weight excluding hydrogens is 232 g/mol. The zero-order valence-electron chi connectivity index (χ0n) is 10.5. The summed E-state index contributed by atoms with van der Waals surface area (Å²) in [7, 11) is 0. The molecule has 1 aliphatic rings. The number of carboxylic acid groups (broad SMARTS) is 1. The van der Waals surface area contributed by atoms with Crippen molar-refractivity contribution in [3.8, 4) is 0 Å². The molecule has 0 aliphatic carbocycles. The van der Waals surface area contributed by atoms with E-state index in [0.717, 1.165) is 32.5 Å². The zero-order chi connectivity index (χ0) is 13.0. The molecule has 0 aromatic carbocycles. The fraction of sp³-hybridized carbons (Fsp3) is 0.538. The van der Waals surface area contributed by atoms with Gasteiger partial charge in [0.15, 0.2) is 5.69 Å². The Morgan fingerprint density at radius 3 is 2.89 bits per heavy atom. The second-order valence-electron chi connectivity index (χ2n) is 4.32. The second-order valence-corrected chi connectivity index (χ2v) is 4.32. The highest BCUT2D eigenvalue weighted by Gasteiger charge is 2.23. The third-order valence-electron chi connectivity index (χ3n) is 3.17. The Kier molecular flexibility index (Phi) is 4.15. The van der Waals surface area contributed by atoms with Crippen LogP contribution in [0.25, 0.3) is 0 Å². The van der Waals surface area contributed by atoms with Crippen molar-refractivity contribution in [2.24, 2.45) is 0 Å². The van der Waals surface area contributed by atoms with Gasteiger partial charge in [0.1, 0.15) is 0 Å².